The summed E-state index contributed by atoms with van der Waals surface area (Å²) in [5.41, 5.74) is 0.883. The summed E-state index contributed by atoms with van der Waals surface area (Å²) in [6.45, 7) is 0. The highest BCUT2D eigenvalue weighted by Crippen LogP contribution is 2.14. The molecule has 0 saturated heterocycles. The Morgan fingerprint density at radius 1 is 1.58 bits per heavy atom. The topological polar surface area (TPSA) is 30.0 Å². The van der Waals surface area contributed by atoms with Crippen molar-refractivity contribution in [3.05, 3.63) is 35.1 Å². The second-order valence-electron chi connectivity index (χ2n) is 2.20. The lowest BCUT2D eigenvalue weighted by atomic mass is 10.2. The van der Waals surface area contributed by atoms with Crippen molar-refractivity contribution in [2.24, 2.45) is 0 Å². The molecule has 62 valence electrons. The Balaban J connectivity index is 2.74. The van der Waals surface area contributed by atoms with E-state index in [1.807, 2.05) is 0 Å². The van der Waals surface area contributed by atoms with Crippen molar-refractivity contribution >= 4 is 24.0 Å². The molecular formula is C9H8ClNO. The fourth-order valence-corrected chi connectivity index (χ4v) is 0.954. The van der Waals surface area contributed by atoms with Gasteiger partial charge in [-0.1, -0.05) is 23.8 Å². The Morgan fingerprint density at radius 2 is 2.42 bits per heavy atom. The maximum atomic E-state index is 9.98. The number of pyridine rings is 1. The summed E-state index contributed by atoms with van der Waals surface area (Å²) < 4.78 is 0. The number of carbonyl (C=O) groups is 1. The van der Waals surface area contributed by atoms with E-state index in [-0.39, 0.29) is 0 Å². The molecule has 0 bridgehead atoms. The summed E-state index contributed by atoms with van der Waals surface area (Å²) in [6.07, 6.45) is 8.05. The molecule has 3 heteroatoms. The number of hydrogen-bond acceptors (Lipinski definition) is 2. The first-order valence-corrected chi connectivity index (χ1v) is 3.92. The van der Waals surface area contributed by atoms with Gasteiger partial charge in [-0.3, -0.25) is 4.98 Å². The lowest BCUT2D eigenvalue weighted by Crippen LogP contribution is -1.76. The number of carbonyl (C=O) groups excluding carboxylic acids is 1. The molecule has 0 unspecified atom stereocenters. The maximum absolute atomic E-state index is 9.98. The molecule has 1 aromatic rings. The monoisotopic (exact) mass is 181 g/mol. The first-order chi connectivity index (χ1) is 5.84. The molecule has 0 amide bonds. The number of hydrogen-bond donors (Lipinski definition) is 0. The molecule has 0 aliphatic carbocycles. The lowest BCUT2D eigenvalue weighted by molar-refractivity contribution is -0.107. The predicted molar refractivity (Wildman–Crippen MR) is 49.0 cm³/mol. The molecule has 2 nitrogen and oxygen atoms in total. The number of allylic oxidation sites excluding steroid dienone is 1. The van der Waals surface area contributed by atoms with Crippen LogP contribution in [0.5, 0.6) is 0 Å². The average molecular weight is 182 g/mol. The van der Waals surface area contributed by atoms with Crippen LogP contribution in [-0.2, 0) is 4.79 Å². The number of nitrogens with zero attached hydrogens (tertiary/aromatic N) is 1. The van der Waals surface area contributed by atoms with Crippen LogP contribution in [0, 0.1) is 0 Å². The van der Waals surface area contributed by atoms with Gasteiger partial charge in [0.15, 0.2) is 0 Å². The number of halogens is 1. The van der Waals surface area contributed by atoms with Gasteiger partial charge in [0.05, 0.1) is 5.02 Å². The van der Waals surface area contributed by atoms with Crippen LogP contribution in [0.2, 0.25) is 5.02 Å². The molecule has 0 fully saturated rings. The Morgan fingerprint density at radius 3 is 3.08 bits per heavy atom. The van der Waals surface area contributed by atoms with Crippen LogP contribution in [0.4, 0.5) is 0 Å². The van der Waals surface area contributed by atoms with Gasteiger partial charge in [0.1, 0.15) is 6.29 Å². The van der Waals surface area contributed by atoms with Gasteiger partial charge in [0.2, 0.25) is 0 Å². The van der Waals surface area contributed by atoms with E-state index in [1.165, 1.54) is 0 Å². The van der Waals surface area contributed by atoms with Gasteiger partial charge in [-0.25, -0.2) is 0 Å². The summed E-state index contributed by atoms with van der Waals surface area (Å²) in [5.74, 6) is 0. The highest BCUT2D eigenvalue weighted by molar-refractivity contribution is 6.31. The number of aldehydes is 1. The van der Waals surface area contributed by atoms with Crippen molar-refractivity contribution in [2.45, 2.75) is 6.42 Å². The van der Waals surface area contributed by atoms with E-state index in [0.29, 0.717) is 11.4 Å². The van der Waals surface area contributed by atoms with Crippen LogP contribution in [0.1, 0.15) is 12.0 Å². The Kier molecular flexibility index (Phi) is 3.48. The number of aromatic nitrogens is 1. The molecule has 0 aliphatic rings. The van der Waals surface area contributed by atoms with Gasteiger partial charge >= 0.3 is 0 Å². The van der Waals surface area contributed by atoms with E-state index in [2.05, 4.69) is 4.98 Å². The quantitative estimate of drug-likeness (QED) is 0.670. The van der Waals surface area contributed by atoms with Gasteiger partial charge in [0.25, 0.3) is 0 Å². The Labute approximate surface area is 75.9 Å². The molecule has 0 radical (unpaired) electrons. The molecule has 0 saturated carbocycles. The van der Waals surface area contributed by atoms with Crippen molar-refractivity contribution < 1.29 is 4.79 Å². The van der Waals surface area contributed by atoms with Crippen LogP contribution in [-0.4, -0.2) is 11.3 Å². The van der Waals surface area contributed by atoms with Gasteiger partial charge in [-0.2, -0.15) is 0 Å². The summed E-state index contributed by atoms with van der Waals surface area (Å²) in [5, 5.41) is 0.597. The zero-order chi connectivity index (χ0) is 8.81. The fraction of sp³-hybridized carbons (Fsp3) is 0.111. The zero-order valence-electron chi connectivity index (χ0n) is 6.40. The molecule has 0 N–H and O–H groups in total. The highest BCUT2D eigenvalue weighted by atomic mass is 35.5. The van der Waals surface area contributed by atoms with E-state index in [4.69, 9.17) is 11.6 Å². The summed E-state index contributed by atoms with van der Waals surface area (Å²) in [7, 11) is 0. The molecule has 0 aromatic carbocycles. The molecular weight excluding hydrogens is 174 g/mol. The summed E-state index contributed by atoms with van der Waals surface area (Å²) in [4.78, 5) is 13.8. The normalized spacial score (nSPS) is 10.4. The lowest BCUT2D eigenvalue weighted by Gasteiger charge is -1.93. The molecule has 1 aromatic heterocycles. The molecule has 1 rings (SSSR count). The van der Waals surface area contributed by atoms with Gasteiger partial charge in [-0.15, -0.1) is 0 Å². The second kappa shape index (κ2) is 4.67. The Hall–Kier alpha value is -1.15. The van der Waals surface area contributed by atoms with Crippen molar-refractivity contribution in [1.29, 1.82) is 0 Å². The predicted octanol–water partition coefficient (Wildman–Crippen LogP) is 2.34. The van der Waals surface area contributed by atoms with Crippen molar-refractivity contribution in [3.63, 3.8) is 0 Å². The maximum Gasteiger partial charge on any atom is 0.123 e. The molecule has 0 aliphatic heterocycles. The van der Waals surface area contributed by atoms with Crippen molar-refractivity contribution in [3.8, 4) is 0 Å². The smallest absolute Gasteiger partial charge is 0.123 e. The van der Waals surface area contributed by atoms with E-state index >= 15 is 0 Å². The largest absolute Gasteiger partial charge is 0.303 e. The minimum atomic E-state index is 0.415. The summed E-state index contributed by atoms with van der Waals surface area (Å²) >= 11 is 5.80. The summed E-state index contributed by atoms with van der Waals surface area (Å²) in [6, 6.07) is 1.80. The Bertz CT molecular complexity index is 296. The van der Waals surface area contributed by atoms with Crippen molar-refractivity contribution in [1.82, 2.24) is 4.98 Å². The third-order valence-corrected chi connectivity index (χ3v) is 1.65. The van der Waals surface area contributed by atoms with Crippen LogP contribution >= 0.6 is 11.6 Å². The third-order valence-electron chi connectivity index (χ3n) is 1.33. The highest BCUT2D eigenvalue weighted by Gasteiger charge is 1.92. The van der Waals surface area contributed by atoms with E-state index in [0.717, 1.165) is 11.8 Å². The number of rotatable bonds is 3. The second-order valence-corrected chi connectivity index (χ2v) is 2.61. The molecule has 1 heterocycles. The first kappa shape index (κ1) is 8.94. The van der Waals surface area contributed by atoms with Gasteiger partial charge in [-0.05, 0) is 11.6 Å². The van der Waals surface area contributed by atoms with Crippen LogP contribution in [0.3, 0.4) is 0 Å². The third kappa shape index (κ3) is 2.47. The van der Waals surface area contributed by atoms with E-state index in [9.17, 15) is 4.79 Å². The molecule has 12 heavy (non-hydrogen) atoms. The standard InChI is InChI=1S/C9H8ClNO/c10-9-7-11-5-4-8(9)3-1-2-6-12/h1,3-7H,2H2. The SMILES string of the molecule is O=CCC=Cc1ccncc1Cl. The van der Waals surface area contributed by atoms with E-state index in [1.54, 1.807) is 30.6 Å². The van der Waals surface area contributed by atoms with Crippen LogP contribution in [0.25, 0.3) is 6.08 Å². The average Bonchev–Trinajstić information content (AvgIpc) is 2.09. The van der Waals surface area contributed by atoms with Gasteiger partial charge < -0.3 is 4.79 Å². The van der Waals surface area contributed by atoms with E-state index < -0.39 is 0 Å². The van der Waals surface area contributed by atoms with Gasteiger partial charge in [0, 0.05) is 18.8 Å². The first-order valence-electron chi connectivity index (χ1n) is 3.54. The van der Waals surface area contributed by atoms with Crippen LogP contribution < -0.4 is 0 Å². The molecule has 0 spiro atoms. The molecule has 0 atom stereocenters. The minimum absolute atomic E-state index is 0.415. The minimum Gasteiger partial charge on any atom is -0.303 e. The van der Waals surface area contributed by atoms with Crippen LogP contribution in [0.15, 0.2) is 24.5 Å². The zero-order valence-corrected chi connectivity index (χ0v) is 7.16. The fourth-order valence-electron chi connectivity index (χ4n) is 0.772. The van der Waals surface area contributed by atoms with Crippen molar-refractivity contribution in [2.75, 3.05) is 0 Å².